The minimum absolute atomic E-state index is 0.264. The number of hydrogen-bond donors (Lipinski definition) is 1. The summed E-state index contributed by atoms with van der Waals surface area (Å²) in [6.45, 7) is 4.38. The van der Waals surface area contributed by atoms with Gasteiger partial charge in [0.1, 0.15) is 0 Å². The van der Waals surface area contributed by atoms with Crippen molar-refractivity contribution in [3.8, 4) is 0 Å². The summed E-state index contributed by atoms with van der Waals surface area (Å²) in [5.74, 6) is 4.89. The largest absolute Gasteiger partial charge is 0.366 e. The Kier molecular flexibility index (Phi) is 4.14. The molecule has 0 saturated carbocycles. The fourth-order valence-electron chi connectivity index (χ4n) is 0.481. The van der Waals surface area contributed by atoms with Crippen molar-refractivity contribution in [2.24, 2.45) is 5.90 Å². The summed E-state index contributed by atoms with van der Waals surface area (Å²) < 4.78 is 4.55. The average Bonchev–Trinajstić information content (AvgIpc) is 1.72. The van der Waals surface area contributed by atoms with Gasteiger partial charge in [-0.2, -0.15) is 0 Å². The third-order valence-corrected chi connectivity index (χ3v) is 1.10. The van der Waals surface area contributed by atoms with Gasteiger partial charge in [-0.25, -0.2) is 5.90 Å². The summed E-state index contributed by atoms with van der Waals surface area (Å²) >= 11 is 0. The maximum absolute atomic E-state index is 4.89. The van der Waals surface area contributed by atoms with E-state index in [1.54, 1.807) is 0 Å². The van der Waals surface area contributed by atoms with E-state index in [9.17, 15) is 0 Å². The van der Waals surface area contributed by atoms with E-state index < -0.39 is 0 Å². The van der Waals surface area contributed by atoms with Crippen molar-refractivity contribution in [3.05, 3.63) is 0 Å². The van der Waals surface area contributed by atoms with Crippen molar-refractivity contribution in [2.45, 2.75) is 26.5 Å². The van der Waals surface area contributed by atoms with Crippen LogP contribution in [0.2, 0.25) is 12.6 Å². The standard InChI is InChI=1S/C4H12BNO/c1-3-5(4-2)7-6/h3-4,6H2,1-2H3. The van der Waals surface area contributed by atoms with Crippen molar-refractivity contribution >= 4 is 6.92 Å². The molecule has 0 aromatic heterocycles. The SMILES string of the molecule is CCB(CC)ON. The van der Waals surface area contributed by atoms with Gasteiger partial charge in [-0.3, -0.25) is 0 Å². The summed E-state index contributed by atoms with van der Waals surface area (Å²) in [4.78, 5) is 0. The summed E-state index contributed by atoms with van der Waals surface area (Å²) in [5.41, 5.74) is 0. The van der Waals surface area contributed by atoms with Gasteiger partial charge >= 0.3 is 6.92 Å². The molecule has 0 aromatic carbocycles. The van der Waals surface area contributed by atoms with Gasteiger partial charge in [-0.15, -0.1) is 0 Å². The predicted molar refractivity (Wildman–Crippen MR) is 32.0 cm³/mol. The first kappa shape index (κ1) is 6.98. The smallest absolute Gasteiger partial charge is 0.320 e. The van der Waals surface area contributed by atoms with Crippen molar-refractivity contribution in [2.75, 3.05) is 0 Å². The monoisotopic (exact) mass is 101 g/mol. The Balaban J connectivity index is 2.99. The number of nitrogens with two attached hydrogens (primary N) is 1. The highest BCUT2D eigenvalue weighted by atomic mass is 16.6. The highest BCUT2D eigenvalue weighted by molar-refractivity contribution is 6.51. The molecule has 0 atom stereocenters. The Hall–Kier alpha value is -0.0151. The van der Waals surface area contributed by atoms with E-state index in [-0.39, 0.29) is 6.92 Å². The first-order valence-electron chi connectivity index (χ1n) is 2.70. The molecule has 0 fully saturated rings. The molecule has 3 heteroatoms. The van der Waals surface area contributed by atoms with Crippen molar-refractivity contribution in [3.63, 3.8) is 0 Å². The molecule has 2 N–H and O–H groups in total. The van der Waals surface area contributed by atoms with Crippen LogP contribution < -0.4 is 5.90 Å². The maximum Gasteiger partial charge on any atom is 0.320 e. The van der Waals surface area contributed by atoms with Gasteiger partial charge in [0.15, 0.2) is 0 Å². The van der Waals surface area contributed by atoms with Crippen LogP contribution in [0.25, 0.3) is 0 Å². The van der Waals surface area contributed by atoms with Crippen LogP contribution in [0.5, 0.6) is 0 Å². The Morgan fingerprint density at radius 3 is 1.86 bits per heavy atom. The van der Waals surface area contributed by atoms with Crippen LogP contribution in [-0.2, 0) is 4.76 Å². The van der Waals surface area contributed by atoms with Crippen LogP contribution in [0.4, 0.5) is 0 Å². The fourth-order valence-corrected chi connectivity index (χ4v) is 0.481. The molecular weight excluding hydrogens is 88.9 g/mol. The molecule has 0 rings (SSSR count). The maximum atomic E-state index is 4.89. The summed E-state index contributed by atoms with van der Waals surface area (Å²) in [6, 6.07) is 0. The summed E-state index contributed by atoms with van der Waals surface area (Å²) in [7, 11) is 0. The first-order valence-corrected chi connectivity index (χ1v) is 2.70. The van der Waals surface area contributed by atoms with E-state index in [4.69, 9.17) is 5.90 Å². The van der Waals surface area contributed by atoms with Crippen molar-refractivity contribution < 1.29 is 4.76 Å². The molecule has 0 aliphatic rings. The topological polar surface area (TPSA) is 35.2 Å². The molecule has 0 bridgehead atoms. The van der Waals surface area contributed by atoms with Gasteiger partial charge in [0.25, 0.3) is 0 Å². The lowest BCUT2D eigenvalue weighted by molar-refractivity contribution is 0.337. The molecule has 0 aliphatic heterocycles. The van der Waals surface area contributed by atoms with Crippen LogP contribution in [0.3, 0.4) is 0 Å². The average molecular weight is 101 g/mol. The van der Waals surface area contributed by atoms with E-state index in [0.717, 1.165) is 12.6 Å². The zero-order valence-corrected chi connectivity index (χ0v) is 4.98. The molecule has 0 heterocycles. The molecule has 0 saturated heterocycles. The minimum atomic E-state index is 0.264. The molecular formula is C4H12BNO. The zero-order chi connectivity index (χ0) is 5.70. The van der Waals surface area contributed by atoms with Crippen LogP contribution in [-0.4, -0.2) is 6.92 Å². The Labute approximate surface area is 45.1 Å². The second kappa shape index (κ2) is 4.15. The lowest BCUT2D eigenvalue weighted by Crippen LogP contribution is -2.19. The van der Waals surface area contributed by atoms with Crippen molar-refractivity contribution in [1.29, 1.82) is 0 Å². The molecule has 0 amide bonds. The third kappa shape index (κ3) is 2.65. The van der Waals surface area contributed by atoms with Crippen LogP contribution in [0, 0.1) is 0 Å². The van der Waals surface area contributed by atoms with Crippen molar-refractivity contribution in [1.82, 2.24) is 0 Å². The Morgan fingerprint density at radius 2 is 1.86 bits per heavy atom. The number of hydrogen-bond acceptors (Lipinski definition) is 2. The first-order chi connectivity index (χ1) is 3.35. The minimum Gasteiger partial charge on any atom is -0.366 e. The summed E-state index contributed by atoms with van der Waals surface area (Å²) in [5, 5.41) is 0. The van der Waals surface area contributed by atoms with Gasteiger partial charge in [0.2, 0.25) is 0 Å². The van der Waals surface area contributed by atoms with Gasteiger partial charge < -0.3 is 4.76 Å². The molecule has 7 heavy (non-hydrogen) atoms. The lowest BCUT2D eigenvalue weighted by Gasteiger charge is -2.00. The van der Waals surface area contributed by atoms with Crippen LogP contribution in [0.1, 0.15) is 13.8 Å². The molecule has 0 aliphatic carbocycles. The molecule has 0 aromatic rings. The Morgan fingerprint density at radius 1 is 1.43 bits per heavy atom. The highest BCUT2D eigenvalue weighted by Gasteiger charge is 2.05. The van der Waals surface area contributed by atoms with E-state index in [0.29, 0.717) is 0 Å². The van der Waals surface area contributed by atoms with Gasteiger partial charge in [-0.05, 0) is 12.6 Å². The fraction of sp³-hybridized carbons (Fsp3) is 1.00. The van der Waals surface area contributed by atoms with Gasteiger partial charge in [0, 0.05) is 0 Å². The van der Waals surface area contributed by atoms with E-state index in [1.165, 1.54) is 0 Å². The highest BCUT2D eigenvalue weighted by Crippen LogP contribution is 1.94. The van der Waals surface area contributed by atoms with Crippen LogP contribution in [0.15, 0.2) is 0 Å². The Bertz CT molecular complexity index is 33.2. The van der Waals surface area contributed by atoms with Crippen LogP contribution >= 0.6 is 0 Å². The molecule has 0 spiro atoms. The lowest BCUT2D eigenvalue weighted by atomic mass is 9.63. The van der Waals surface area contributed by atoms with E-state index in [2.05, 4.69) is 18.6 Å². The molecule has 2 nitrogen and oxygen atoms in total. The predicted octanol–water partition coefficient (Wildman–Crippen LogP) is 0.908. The molecule has 0 radical (unpaired) electrons. The molecule has 42 valence electrons. The summed E-state index contributed by atoms with van der Waals surface area (Å²) in [6.07, 6.45) is 2.01. The van der Waals surface area contributed by atoms with Gasteiger partial charge in [-0.1, -0.05) is 13.8 Å². The quantitative estimate of drug-likeness (QED) is 0.423. The van der Waals surface area contributed by atoms with Gasteiger partial charge in [0.05, 0.1) is 0 Å². The number of rotatable bonds is 3. The van der Waals surface area contributed by atoms with E-state index in [1.807, 2.05) is 0 Å². The molecule has 0 unspecified atom stereocenters. The van der Waals surface area contributed by atoms with E-state index >= 15 is 0 Å². The second-order valence-corrected chi connectivity index (χ2v) is 1.57. The third-order valence-electron chi connectivity index (χ3n) is 1.10. The zero-order valence-electron chi connectivity index (χ0n) is 4.98. The normalized spacial score (nSPS) is 9.00. The second-order valence-electron chi connectivity index (χ2n) is 1.57.